The molecule has 2 rings (SSSR count). The first-order valence-corrected chi connectivity index (χ1v) is 7.89. The number of amides is 1. The van der Waals surface area contributed by atoms with Crippen molar-refractivity contribution >= 4 is 34.1 Å². The zero-order chi connectivity index (χ0) is 13.7. The molecule has 0 unspecified atom stereocenters. The molecule has 0 aliphatic heterocycles. The van der Waals surface area contributed by atoms with Crippen molar-refractivity contribution in [3.8, 4) is 5.75 Å². The molecule has 4 nitrogen and oxygen atoms in total. The third-order valence-electron chi connectivity index (χ3n) is 2.42. The fourth-order valence-corrected chi connectivity index (χ4v) is 2.74. The highest BCUT2D eigenvalue weighted by molar-refractivity contribution is 7.97. The Morgan fingerprint density at radius 1 is 1.42 bits per heavy atom. The first kappa shape index (κ1) is 13.9. The van der Waals surface area contributed by atoms with Gasteiger partial charge in [0.05, 0.1) is 12.8 Å². The van der Waals surface area contributed by atoms with Crippen LogP contribution in [0.5, 0.6) is 5.75 Å². The van der Waals surface area contributed by atoms with Gasteiger partial charge in [0.15, 0.2) is 5.13 Å². The number of ether oxygens (including phenoxy) is 1. The minimum absolute atomic E-state index is 0.160. The Kier molecular flexibility index (Phi) is 4.81. The Bertz CT molecular complexity index is 552. The van der Waals surface area contributed by atoms with Gasteiger partial charge in [0, 0.05) is 16.7 Å². The van der Waals surface area contributed by atoms with Crippen LogP contribution in [-0.2, 0) is 5.75 Å². The van der Waals surface area contributed by atoms with Gasteiger partial charge in [0.2, 0.25) is 0 Å². The Hall–Kier alpha value is -1.53. The van der Waals surface area contributed by atoms with Crippen LogP contribution in [0.25, 0.3) is 0 Å². The third kappa shape index (κ3) is 3.71. The third-order valence-corrected chi connectivity index (χ3v) is 3.81. The van der Waals surface area contributed by atoms with E-state index in [1.165, 1.54) is 11.3 Å². The molecule has 1 aromatic carbocycles. The number of hydrogen-bond donors (Lipinski definition) is 1. The molecule has 0 aliphatic rings. The molecule has 1 N–H and O–H groups in total. The second kappa shape index (κ2) is 6.58. The lowest BCUT2D eigenvalue weighted by molar-refractivity contribution is 0.102. The first-order chi connectivity index (χ1) is 9.22. The van der Waals surface area contributed by atoms with Crippen molar-refractivity contribution in [3.05, 3.63) is 40.9 Å². The Labute approximate surface area is 120 Å². The molecule has 1 aromatic heterocycles. The van der Waals surface area contributed by atoms with Crippen molar-refractivity contribution in [3.63, 3.8) is 0 Å². The van der Waals surface area contributed by atoms with Crippen molar-refractivity contribution in [1.29, 1.82) is 0 Å². The molecule has 0 fully saturated rings. The number of methoxy groups -OCH3 is 1. The molecule has 1 amide bonds. The molecule has 6 heteroatoms. The molecule has 0 bridgehead atoms. The molecule has 0 saturated heterocycles. The van der Waals surface area contributed by atoms with E-state index in [-0.39, 0.29) is 5.91 Å². The molecule has 19 heavy (non-hydrogen) atoms. The molecular formula is C13H14N2O2S2. The predicted octanol–water partition coefficient (Wildman–Crippen LogP) is 3.27. The number of carbonyl (C=O) groups excluding carboxylic acids is 1. The highest BCUT2D eigenvalue weighted by atomic mass is 32.2. The van der Waals surface area contributed by atoms with Crippen LogP contribution < -0.4 is 10.1 Å². The van der Waals surface area contributed by atoms with Crippen molar-refractivity contribution in [2.75, 3.05) is 18.7 Å². The molecule has 2 aromatic rings. The molecular weight excluding hydrogens is 280 g/mol. The Balaban J connectivity index is 2.02. The number of anilines is 1. The number of benzene rings is 1. The molecule has 0 saturated carbocycles. The maximum Gasteiger partial charge on any atom is 0.257 e. The standard InChI is InChI=1S/C13H14N2O2S2/c1-17-11-5-3-9(4-6-11)12(16)15-13-14-10(7-18-2)8-19-13/h3-6,8H,7H2,1-2H3,(H,14,15,16). The van der Waals surface area contributed by atoms with Gasteiger partial charge in [-0.15, -0.1) is 11.3 Å². The van der Waals surface area contributed by atoms with Gasteiger partial charge < -0.3 is 4.74 Å². The summed E-state index contributed by atoms with van der Waals surface area (Å²) in [5, 5.41) is 5.38. The molecule has 0 aliphatic carbocycles. The van der Waals surface area contributed by atoms with Gasteiger partial charge in [-0.05, 0) is 30.5 Å². The van der Waals surface area contributed by atoms with Gasteiger partial charge in [0.1, 0.15) is 5.75 Å². The van der Waals surface area contributed by atoms with Gasteiger partial charge >= 0.3 is 0 Å². The summed E-state index contributed by atoms with van der Waals surface area (Å²) < 4.78 is 5.05. The minimum Gasteiger partial charge on any atom is -0.497 e. The first-order valence-electron chi connectivity index (χ1n) is 5.61. The summed E-state index contributed by atoms with van der Waals surface area (Å²) in [7, 11) is 1.60. The van der Waals surface area contributed by atoms with Gasteiger partial charge in [-0.1, -0.05) is 0 Å². The SMILES string of the molecule is COc1ccc(C(=O)Nc2nc(CSC)cs2)cc1. The highest BCUT2D eigenvalue weighted by Crippen LogP contribution is 2.19. The highest BCUT2D eigenvalue weighted by Gasteiger charge is 2.09. The van der Waals surface area contributed by atoms with E-state index >= 15 is 0 Å². The van der Waals surface area contributed by atoms with Crippen LogP contribution >= 0.6 is 23.1 Å². The van der Waals surface area contributed by atoms with Crippen LogP contribution in [0.4, 0.5) is 5.13 Å². The number of aromatic nitrogens is 1. The summed E-state index contributed by atoms with van der Waals surface area (Å²) in [6.07, 6.45) is 2.02. The average Bonchev–Trinajstić information content (AvgIpc) is 2.86. The second-order valence-corrected chi connectivity index (χ2v) is 5.48. The zero-order valence-corrected chi connectivity index (χ0v) is 12.3. The van der Waals surface area contributed by atoms with Crippen LogP contribution in [0.1, 0.15) is 16.1 Å². The van der Waals surface area contributed by atoms with Crippen molar-refractivity contribution in [2.45, 2.75) is 5.75 Å². The fourth-order valence-electron chi connectivity index (χ4n) is 1.49. The van der Waals surface area contributed by atoms with Crippen molar-refractivity contribution in [1.82, 2.24) is 4.98 Å². The van der Waals surface area contributed by atoms with Gasteiger partial charge in [-0.2, -0.15) is 11.8 Å². The van der Waals surface area contributed by atoms with Crippen molar-refractivity contribution in [2.24, 2.45) is 0 Å². The molecule has 0 atom stereocenters. The van der Waals surface area contributed by atoms with Crippen molar-refractivity contribution < 1.29 is 9.53 Å². The van der Waals surface area contributed by atoms with Crippen LogP contribution in [-0.4, -0.2) is 24.3 Å². The number of rotatable bonds is 5. The summed E-state index contributed by atoms with van der Waals surface area (Å²) in [5.74, 6) is 1.43. The van der Waals surface area contributed by atoms with E-state index in [0.717, 1.165) is 17.2 Å². The molecule has 1 heterocycles. The summed E-state index contributed by atoms with van der Waals surface area (Å²) in [5.41, 5.74) is 1.57. The number of carbonyl (C=O) groups is 1. The van der Waals surface area contributed by atoms with E-state index in [1.54, 1.807) is 43.1 Å². The fraction of sp³-hybridized carbons (Fsp3) is 0.231. The zero-order valence-electron chi connectivity index (χ0n) is 10.7. The van der Waals surface area contributed by atoms with Crippen LogP contribution in [0.3, 0.4) is 0 Å². The van der Waals surface area contributed by atoms with Crippen LogP contribution in [0, 0.1) is 0 Å². The topological polar surface area (TPSA) is 51.2 Å². The number of thiazole rings is 1. The Morgan fingerprint density at radius 3 is 2.79 bits per heavy atom. The summed E-state index contributed by atoms with van der Waals surface area (Å²) in [4.78, 5) is 16.3. The maximum atomic E-state index is 12.0. The molecule has 0 radical (unpaired) electrons. The summed E-state index contributed by atoms with van der Waals surface area (Å²) >= 11 is 3.14. The lowest BCUT2D eigenvalue weighted by Crippen LogP contribution is -2.11. The van der Waals surface area contributed by atoms with E-state index in [1.807, 2.05) is 11.6 Å². The number of hydrogen-bond acceptors (Lipinski definition) is 5. The van der Waals surface area contributed by atoms with E-state index in [9.17, 15) is 4.79 Å². The molecule has 0 spiro atoms. The van der Waals surface area contributed by atoms with Gasteiger partial charge in [0.25, 0.3) is 5.91 Å². The Morgan fingerprint density at radius 2 is 2.16 bits per heavy atom. The predicted molar refractivity (Wildman–Crippen MR) is 80.3 cm³/mol. The quantitative estimate of drug-likeness (QED) is 0.919. The van der Waals surface area contributed by atoms with Gasteiger partial charge in [-0.3, -0.25) is 10.1 Å². The number of thioether (sulfide) groups is 1. The largest absolute Gasteiger partial charge is 0.497 e. The van der Waals surface area contributed by atoms with E-state index in [0.29, 0.717) is 10.7 Å². The second-order valence-electron chi connectivity index (χ2n) is 3.76. The lowest BCUT2D eigenvalue weighted by Gasteiger charge is -2.03. The summed E-state index contributed by atoms with van der Waals surface area (Å²) in [6.45, 7) is 0. The smallest absolute Gasteiger partial charge is 0.257 e. The van der Waals surface area contributed by atoms with Crippen LogP contribution in [0.2, 0.25) is 0 Å². The van der Waals surface area contributed by atoms with Crippen LogP contribution in [0.15, 0.2) is 29.6 Å². The van der Waals surface area contributed by atoms with E-state index in [2.05, 4.69) is 10.3 Å². The lowest BCUT2D eigenvalue weighted by atomic mass is 10.2. The van der Waals surface area contributed by atoms with E-state index in [4.69, 9.17) is 4.74 Å². The number of nitrogens with zero attached hydrogens (tertiary/aromatic N) is 1. The maximum absolute atomic E-state index is 12.0. The van der Waals surface area contributed by atoms with Gasteiger partial charge in [-0.25, -0.2) is 4.98 Å². The average molecular weight is 294 g/mol. The monoisotopic (exact) mass is 294 g/mol. The summed E-state index contributed by atoms with van der Waals surface area (Å²) in [6, 6.07) is 6.97. The molecule has 100 valence electrons. The van der Waals surface area contributed by atoms with E-state index < -0.39 is 0 Å². The minimum atomic E-state index is -0.160. The normalized spacial score (nSPS) is 10.2. The number of nitrogens with one attached hydrogen (secondary N) is 1.